The van der Waals surface area contributed by atoms with E-state index in [4.69, 9.17) is 0 Å². The standard InChI is InChI=1S/C17H17NO/c1-14(18-17-5-3-2-4-6-17)13-16-9-7-15(8-10-16)11-12-19/h2-10,12,18H,1,11,13H2. The molecule has 0 unspecified atom stereocenters. The van der Waals surface area contributed by atoms with E-state index in [1.54, 1.807) is 0 Å². The van der Waals surface area contributed by atoms with E-state index in [1.165, 1.54) is 5.56 Å². The van der Waals surface area contributed by atoms with Crippen molar-refractivity contribution in [3.05, 3.63) is 78.0 Å². The lowest BCUT2D eigenvalue weighted by Crippen LogP contribution is -2.01. The van der Waals surface area contributed by atoms with Crippen LogP contribution < -0.4 is 5.32 Å². The van der Waals surface area contributed by atoms with Crippen LogP contribution in [0.15, 0.2) is 66.9 Å². The van der Waals surface area contributed by atoms with Crippen molar-refractivity contribution in [2.45, 2.75) is 12.8 Å². The third-order valence-electron chi connectivity index (χ3n) is 2.85. The molecular weight excluding hydrogens is 234 g/mol. The molecule has 0 saturated heterocycles. The number of anilines is 1. The van der Waals surface area contributed by atoms with Crippen LogP contribution in [0.1, 0.15) is 11.1 Å². The average molecular weight is 251 g/mol. The molecule has 0 radical (unpaired) electrons. The van der Waals surface area contributed by atoms with Crippen molar-refractivity contribution < 1.29 is 4.79 Å². The van der Waals surface area contributed by atoms with Crippen molar-refractivity contribution in [3.8, 4) is 0 Å². The third kappa shape index (κ3) is 4.11. The van der Waals surface area contributed by atoms with Crippen LogP contribution in [0.3, 0.4) is 0 Å². The lowest BCUT2D eigenvalue weighted by molar-refractivity contribution is -0.107. The molecule has 2 heteroatoms. The van der Waals surface area contributed by atoms with Crippen LogP contribution in [0, 0.1) is 0 Å². The number of rotatable bonds is 6. The lowest BCUT2D eigenvalue weighted by Gasteiger charge is -2.10. The Labute approximate surface area is 113 Å². The molecule has 0 saturated carbocycles. The summed E-state index contributed by atoms with van der Waals surface area (Å²) >= 11 is 0. The lowest BCUT2D eigenvalue weighted by atomic mass is 10.1. The second-order valence-corrected chi connectivity index (χ2v) is 4.46. The minimum atomic E-state index is 0.476. The van der Waals surface area contributed by atoms with Gasteiger partial charge in [-0.15, -0.1) is 0 Å². The fourth-order valence-electron chi connectivity index (χ4n) is 1.91. The number of hydrogen-bond donors (Lipinski definition) is 1. The Morgan fingerprint density at radius 3 is 2.26 bits per heavy atom. The SMILES string of the molecule is C=C(Cc1ccc(CC=O)cc1)Nc1ccccc1. The number of aldehydes is 1. The van der Waals surface area contributed by atoms with Gasteiger partial charge in [-0.2, -0.15) is 0 Å². The smallest absolute Gasteiger partial charge is 0.124 e. The average Bonchev–Trinajstić information content (AvgIpc) is 2.42. The van der Waals surface area contributed by atoms with Crippen LogP contribution in [-0.4, -0.2) is 6.29 Å². The normalized spacial score (nSPS) is 9.89. The molecule has 0 atom stereocenters. The van der Waals surface area contributed by atoms with E-state index >= 15 is 0 Å². The van der Waals surface area contributed by atoms with Crippen LogP contribution in [0.4, 0.5) is 5.69 Å². The Bertz CT molecular complexity index is 543. The number of hydrogen-bond acceptors (Lipinski definition) is 2. The van der Waals surface area contributed by atoms with Gasteiger partial charge >= 0.3 is 0 Å². The van der Waals surface area contributed by atoms with Crippen LogP contribution in [0.5, 0.6) is 0 Å². The first kappa shape index (κ1) is 13.1. The van der Waals surface area contributed by atoms with Gasteiger partial charge in [0.1, 0.15) is 6.29 Å². The van der Waals surface area contributed by atoms with Gasteiger partial charge in [-0.05, 0) is 23.3 Å². The zero-order chi connectivity index (χ0) is 13.5. The van der Waals surface area contributed by atoms with E-state index in [1.807, 2.05) is 54.6 Å². The molecule has 2 aromatic rings. The summed E-state index contributed by atoms with van der Waals surface area (Å²) in [5.74, 6) is 0. The number of benzene rings is 2. The molecule has 1 N–H and O–H groups in total. The molecule has 2 aromatic carbocycles. The van der Waals surface area contributed by atoms with Crippen LogP contribution in [-0.2, 0) is 17.6 Å². The highest BCUT2D eigenvalue weighted by atomic mass is 16.1. The van der Waals surface area contributed by atoms with Crippen molar-refractivity contribution in [2.24, 2.45) is 0 Å². The number of nitrogens with one attached hydrogen (secondary N) is 1. The summed E-state index contributed by atoms with van der Waals surface area (Å²) in [5, 5.41) is 3.28. The Morgan fingerprint density at radius 1 is 1.00 bits per heavy atom. The minimum absolute atomic E-state index is 0.476. The first-order chi connectivity index (χ1) is 9.28. The predicted molar refractivity (Wildman–Crippen MR) is 79.1 cm³/mol. The summed E-state index contributed by atoms with van der Waals surface area (Å²) in [5.41, 5.74) is 4.22. The molecule has 19 heavy (non-hydrogen) atoms. The van der Waals surface area contributed by atoms with Crippen molar-refractivity contribution in [2.75, 3.05) is 5.32 Å². The maximum absolute atomic E-state index is 10.4. The maximum atomic E-state index is 10.4. The van der Waals surface area contributed by atoms with E-state index in [-0.39, 0.29) is 0 Å². The zero-order valence-electron chi connectivity index (χ0n) is 10.8. The third-order valence-corrected chi connectivity index (χ3v) is 2.85. The second-order valence-electron chi connectivity index (χ2n) is 4.46. The number of allylic oxidation sites excluding steroid dienone is 1. The number of carbonyl (C=O) groups is 1. The molecule has 96 valence electrons. The van der Waals surface area contributed by atoms with Gasteiger partial charge in [0, 0.05) is 24.2 Å². The minimum Gasteiger partial charge on any atom is -0.359 e. The highest BCUT2D eigenvalue weighted by molar-refractivity contribution is 5.55. The molecule has 0 aliphatic heterocycles. The van der Waals surface area contributed by atoms with Crippen molar-refractivity contribution in [1.29, 1.82) is 0 Å². The largest absolute Gasteiger partial charge is 0.359 e. The summed E-state index contributed by atoms with van der Waals surface area (Å²) in [6, 6.07) is 18.0. The maximum Gasteiger partial charge on any atom is 0.124 e. The molecule has 0 aromatic heterocycles. The van der Waals surface area contributed by atoms with Gasteiger partial charge in [-0.25, -0.2) is 0 Å². The molecule has 0 aliphatic rings. The quantitative estimate of drug-likeness (QED) is 0.795. The van der Waals surface area contributed by atoms with Crippen LogP contribution >= 0.6 is 0 Å². The monoisotopic (exact) mass is 251 g/mol. The van der Waals surface area contributed by atoms with Crippen molar-refractivity contribution in [1.82, 2.24) is 0 Å². The summed E-state index contributed by atoms with van der Waals surface area (Å²) in [7, 11) is 0. The highest BCUT2D eigenvalue weighted by Gasteiger charge is 1.99. The molecule has 0 bridgehead atoms. The molecule has 2 rings (SSSR count). The Balaban J connectivity index is 1.93. The topological polar surface area (TPSA) is 29.1 Å². The van der Waals surface area contributed by atoms with Gasteiger partial charge in [-0.1, -0.05) is 49.0 Å². The summed E-state index contributed by atoms with van der Waals surface area (Å²) in [6.45, 7) is 4.04. The van der Waals surface area contributed by atoms with E-state index in [2.05, 4.69) is 11.9 Å². The molecular formula is C17H17NO. The molecule has 0 amide bonds. The van der Waals surface area contributed by atoms with Crippen molar-refractivity contribution >= 4 is 12.0 Å². The first-order valence-electron chi connectivity index (χ1n) is 6.29. The van der Waals surface area contributed by atoms with Crippen LogP contribution in [0.2, 0.25) is 0 Å². The van der Waals surface area contributed by atoms with E-state index in [0.717, 1.165) is 29.7 Å². The predicted octanol–water partition coefficient (Wildman–Crippen LogP) is 3.60. The van der Waals surface area contributed by atoms with E-state index in [0.29, 0.717) is 6.42 Å². The molecule has 0 aliphatic carbocycles. The first-order valence-corrected chi connectivity index (χ1v) is 6.29. The summed E-state index contributed by atoms with van der Waals surface area (Å²) in [4.78, 5) is 10.4. The molecule has 0 spiro atoms. The van der Waals surface area contributed by atoms with Crippen molar-refractivity contribution in [3.63, 3.8) is 0 Å². The van der Waals surface area contributed by atoms with Gasteiger partial charge < -0.3 is 10.1 Å². The Hall–Kier alpha value is -2.35. The fraction of sp³-hybridized carbons (Fsp3) is 0.118. The summed E-state index contributed by atoms with van der Waals surface area (Å²) < 4.78 is 0. The van der Waals surface area contributed by atoms with Gasteiger partial charge in [-0.3, -0.25) is 0 Å². The highest BCUT2D eigenvalue weighted by Crippen LogP contribution is 2.13. The fourth-order valence-corrected chi connectivity index (χ4v) is 1.91. The summed E-state index contributed by atoms with van der Waals surface area (Å²) in [6.07, 6.45) is 2.17. The number of carbonyl (C=O) groups excluding carboxylic acids is 1. The zero-order valence-corrected chi connectivity index (χ0v) is 10.8. The number of para-hydroxylation sites is 1. The van der Waals surface area contributed by atoms with E-state index in [9.17, 15) is 4.79 Å². The van der Waals surface area contributed by atoms with Gasteiger partial charge in [0.25, 0.3) is 0 Å². The Morgan fingerprint density at radius 2 is 1.63 bits per heavy atom. The van der Waals surface area contributed by atoms with Gasteiger partial charge in [0.05, 0.1) is 0 Å². The van der Waals surface area contributed by atoms with Gasteiger partial charge in [0.15, 0.2) is 0 Å². The van der Waals surface area contributed by atoms with E-state index < -0.39 is 0 Å². The molecule has 0 fully saturated rings. The van der Waals surface area contributed by atoms with Gasteiger partial charge in [0.2, 0.25) is 0 Å². The second kappa shape index (κ2) is 6.55. The molecule has 0 heterocycles. The Kier molecular flexibility index (Phi) is 4.51. The molecule has 2 nitrogen and oxygen atoms in total. The van der Waals surface area contributed by atoms with Crippen LogP contribution in [0.25, 0.3) is 0 Å².